The van der Waals surface area contributed by atoms with Crippen molar-refractivity contribution in [1.82, 2.24) is 29.8 Å². The second kappa shape index (κ2) is 6.15. The highest BCUT2D eigenvalue weighted by atomic mass is 16.1. The van der Waals surface area contributed by atoms with Gasteiger partial charge in [0.25, 0.3) is 11.3 Å². The third kappa shape index (κ3) is 2.81. The zero-order valence-corrected chi connectivity index (χ0v) is 14.3. The molecule has 25 heavy (non-hydrogen) atoms. The van der Waals surface area contributed by atoms with Crippen LogP contribution in [0, 0.1) is 13.8 Å². The van der Waals surface area contributed by atoms with E-state index in [0.29, 0.717) is 5.78 Å². The zero-order chi connectivity index (χ0) is 17.4. The van der Waals surface area contributed by atoms with Crippen molar-refractivity contribution in [1.29, 1.82) is 0 Å². The zero-order valence-electron chi connectivity index (χ0n) is 14.3. The van der Waals surface area contributed by atoms with Crippen LogP contribution in [0.5, 0.6) is 0 Å². The minimum Gasteiger partial charge on any atom is -0.354 e. The number of nitrogens with zero attached hydrogens (tertiary/aromatic N) is 7. The maximum absolute atomic E-state index is 11.2. The fourth-order valence-corrected chi connectivity index (χ4v) is 3.26. The smallest absolute Gasteiger partial charge is 0.264 e. The van der Waals surface area contributed by atoms with Crippen molar-refractivity contribution in [2.75, 3.05) is 36.0 Å². The van der Waals surface area contributed by atoms with Gasteiger partial charge in [0, 0.05) is 43.5 Å². The third-order valence-corrected chi connectivity index (χ3v) is 4.66. The van der Waals surface area contributed by atoms with Crippen LogP contribution in [0.15, 0.2) is 23.3 Å². The molecule has 0 aliphatic carbocycles. The standard InChI is InChI=1S/C16H20N8O/c1-11-12(2)19-16-17-10-18-24(16)15(11)23-7-3-6-22(8-9-23)13-4-5-14(25)21-20-13/h4-5,10H,3,6-9H2,1-2H3,(H,21,25). The molecule has 1 fully saturated rings. The molecule has 0 atom stereocenters. The van der Waals surface area contributed by atoms with Crippen molar-refractivity contribution in [3.8, 4) is 0 Å². The number of rotatable bonds is 2. The fourth-order valence-electron chi connectivity index (χ4n) is 3.26. The molecule has 0 aromatic carbocycles. The Kier molecular flexibility index (Phi) is 3.83. The largest absolute Gasteiger partial charge is 0.354 e. The van der Waals surface area contributed by atoms with Crippen LogP contribution in [0.4, 0.5) is 11.6 Å². The number of fused-ring (bicyclic) bond motifs is 1. The quantitative estimate of drug-likeness (QED) is 0.727. The molecule has 4 rings (SSSR count). The van der Waals surface area contributed by atoms with Gasteiger partial charge in [-0.25, -0.2) is 10.1 Å². The summed E-state index contributed by atoms with van der Waals surface area (Å²) in [5, 5.41) is 11.0. The summed E-state index contributed by atoms with van der Waals surface area (Å²) in [5.74, 6) is 2.48. The van der Waals surface area contributed by atoms with Crippen LogP contribution >= 0.6 is 0 Å². The molecule has 9 heteroatoms. The average molecular weight is 340 g/mol. The van der Waals surface area contributed by atoms with Gasteiger partial charge in [0.2, 0.25) is 0 Å². The summed E-state index contributed by atoms with van der Waals surface area (Å²) >= 11 is 0. The van der Waals surface area contributed by atoms with Gasteiger partial charge >= 0.3 is 0 Å². The lowest BCUT2D eigenvalue weighted by Crippen LogP contribution is -2.33. The fraction of sp³-hybridized carbons (Fsp3) is 0.438. The Balaban J connectivity index is 1.63. The van der Waals surface area contributed by atoms with E-state index >= 15 is 0 Å². The lowest BCUT2D eigenvalue weighted by atomic mass is 10.2. The summed E-state index contributed by atoms with van der Waals surface area (Å²) in [6, 6.07) is 3.28. The summed E-state index contributed by atoms with van der Waals surface area (Å²) in [6.45, 7) is 7.53. The van der Waals surface area contributed by atoms with E-state index in [2.05, 4.69) is 42.0 Å². The molecule has 1 aliphatic rings. The van der Waals surface area contributed by atoms with Crippen LogP contribution < -0.4 is 15.4 Å². The lowest BCUT2D eigenvalue weighted by molar-refractivity contribution is 0.761. The summed E-state index contributed by atoms with van der Waals surface area (Å²) in [7, 11) is 0. The molecular weight excluding hydrogens is 320 g/mol. The number of aromatic amines is 1. The molecule has 1 aliphatic heterocycles. The first-order valence-corrected chi connectivity index (χ1v) is 8.36. The molecule has 1 N–H and O–H groups in total. The molecule has 0 spiro atoms. The Bertz CT molecular complexity index is 942. The van der Waals surface area contributed by atoms with E-state index in [1.165, 1.54) is 6.07 Å². The van der Waals surface area contributed by atoms with Crippen molar-refractivity contribution in [2.24, 2.45) is 0 Å². The number of aromatic nitrogens is 6. The first-order chi connectivity index (χ1) is 12.1. The Hall–Kier alpha value is -2.97. The van der Waals surface area contributed by atoms with Crippen molar-refractivity contribution in [3.05, 3.63) is 40.1 Å². The van der Waals surface area contributed by atoms with Crippen LogP contribution in [-0.2, 0) is 0 Å². The van der Waals surface area contributed by atoms with Gasteiger partial charge in [0.15, 0.2) is 0 Å². The van der Waals surface area contributed by atoms with Gasteiger partial charge < -0.3 is 9.80 Å². The van der Waals surface area contributed by atoms with Gasteiger partial charge in [-0.3, -0.25) is 4.79 Å². The van der Waals surface area contributed by atoms with Gasteiger partial charge in [-0.15, -0.1) is 0 Å². The van der Waals surface area contributed by atoms with Gasteiger partial charge in [0.05, 0.1) is 0 Å². The monoisotopic (exact) mass is 340 g/mol. The summed E-state index contributed by atoms with van der Waals surface area (Å²) in [6.07, 6.45) is 2.52. The number of hydrogen-bond donors (Lipinski definition) is 1. The van der Waals surface area contributed by atoms with Crippen molar-refractivity contribution < 1.29 is 0 Å². The van der Waals surface area contributed by atoms with Gasteiger partial charge in [0.1, 0.15) is 18.0 Å². The van der Waals surface area contributed by atoms with Crippen LogP contribution in [0.3, 0.4) is 0 Å². The highest BCUT2D eigenvalue weighted by molar-refractivity contribution is 5.54. The Morgan fingerprint density at radius 3 is 2.68 bits per heavy atom. The Morgan fingerprint density at radius 1 is 1.08 bits per heavy atom. The van der Waals surface area contributed by atoms with E-state index in [1.54, 1.807) is 12.4 Å². The summed E-state index contributed by atoms with van der Waals surface area (Å²) < 4.78 is 1.82. The van der Waals surface area contributed by atoms with E-state index in [-0.39, 0.29) is 5.56 Å². The van der Waals surface area contributed by atoms with Gasteiger partial charge in [-0.2, -0.15) is 19.7 Å². The first kappa shape index (κ1) is 15.6. The predicted molar refractivity (Wildman–Crippen MR) is 94.2 cm³/mol. The highest BCUT2D eigenvalue weighted by Gasteiger charge is 2.21. The van der Waals surface area contributed by atoms with Gasteiger partial charge in [-0.1, -0.05) is 0 Å². The van der Waals surface area contributed by atoms with Crippen LogP contribution in [0.1, 0.15) is 17.7 Å². The maximum atomic E-state index is 11.2. The SMILES string of the molecule is Cc1nc2ncnn2c(N2CCCN(c3ccc(=O)[nH]n3)CC2)c1C. The maximum Gasteiger partial charge on any atom is 0.264 e. The van der Waals surface area contributed by atoms with Crippen molar-refractivity contribution in [3.63, 3.8) is 0 Å². The minimum absolute atomic E-state index is 0.184. The molecule has 0 bridgehead atoms. The van der Waals surface area contributed by atoms with Crippen LogP contribution in [0.25, 0.3) is 5.78 Å². The Morgan fingerprint density at radius 2 is 1.88 bits per heavy atom. The first-order valence-electron chi connectivity index (χ1n) is 8.36. The molecule has 0 amide bonds. The molecule has 0 saturated carbocycles. The van der Waals surface area contributed by atoms with Crippen LogP contribution in [0.2, 0.25) is 0 Å². The lowest BCUT2D eigenvalue weighted by Gasteiger charge is -2.26. The molecule has 3 aromatic rings. The van der Waals surface area contributed by atoms with E-state index in [0.717, 1.165) is 55.5 Å². The predicted octanol–water partition coefficient (Wildman–Crippen LogP) is 0.541. The van der Waals surface area contributed by atoms with Gasteiger partial charge in [-0.05, 0) is 26.3 Å². The summed E-state index contributed by atoms with van der Waals surface area (Å²) in [5.41, 5.74) is 1.91. The number of hydrogen-bond acceptors (Lipinski definition) is 7. The van der Waals surface area contributed by atoms with E-state index in [9.17, 15) is 4.79 Å². The Labute approximate surface area is 144 Å². The molecule has 3 aromatic heterocycles. The summed E-state index contributed by atoms with van der Waals surface area (Å²) in [4.78, 5) is 24.5. The topological polar surface area (TPSA) is 95.3 Å². The molecular formula is C16H20N8O. The van der Waals surface area contributed by atoms with Crippen molar-refractivity contribution >= 4 is 17.4 Å². The number of nitrogens with one attached hydrogen (secondary N) is 1. The number of H-pyrrole nitrogens is 1. The average Bonchev–Trinajstić information content (AvgIpc) is 2.92. The molecule has 130 valence electrons. The molecule has 4 heterocycles. The molecule has 0 radical (unpaired) electrons. The van der Waals surface area contributed by atoms with E-state index in [1.807, 2.05) is 11.4 Å². The molecule has 1 saturated heterocycles. The van der Waals surface area contributed by atoms with Crippen molar-refractivity contribution in [2.45, 2.75) is 20.3 Å². The van der Waals surface area contributed by atoms with E-state index < -0.39 is 0 Å². The molecule has 0 unspecified atom stereocenters. The van der Waals surface area contributed by atoms with E-state index in [4.69, 9.17) is 0 Å². The normalized spacial score (nSPS) is 15.6. The molecule has 9 nitrogen and oxygen atoms in total. The third-order valence-electron chi connectivity index (χ3n) is 4.66. The van der Waals surface area contributed by atoms with Crippen LogP contribution in [-0.4, -0.2) is 56.0 Å². The number of anilines is 2. The second-order valence-electron chi connectivity index (χ2n) is 6.22. The minimum atomic E-state index is -0.184. The second-order valence-corrected chi connectivity index (χ2v) is 6.22. The highest BCUT2D eigenvalue weighted by Crippen LogP contribution is 2.24. The number of aryl methyl sites for hydroxylation is 1.